The highest BCUT2D eigenvalue weighted by Crippen LogP contribution is 2.38. The quantitative estimate of drug-likeness (QED) is 0.904. The molecular formula is C14H15BrN4. The van der Waals surface area contributed by atoms with Crippen LogP contribution in [0.25, 0.3) is 0 Å². The number of anilines is 3. The molecule has 1 aliphatic rings. The first-order chi connectivity index (χ1) is 9.10. The topological polar surface area (TPSA) is 63.8 Å². The summed E-state index contributed by atoms with van der Waals surface area (Å²) >= 11 is 3.49. The van der Waals surface area contributed by atoms with E-state index in [-0.39, 0.29) is 0 Å². The molecule has 1 aliphatic carbocycles. The van der Waals surface area contributed by atoms with Crippen LogP contribution in [0.3, 0.4) is 0 Å². The van der Waals surface area contributed by atoms with Gasteiger partial charge < -0.3 is 11.1 Å². The lowest BCUT2D eigenvalue weighted by atomic mass is 10.2. The minimum absolute atomic E-state index is 0.494. The standard InChI is InChI=1S/C14H15BrN4/c1-8-4-10(15)6-11(5-8)17-13-7-12(16)18-14(19-13)9-2-3-9/h4-7,9H,2-3H2,1H3,(H3,16,17,18,19). The molecule has 1 fully saturated rings. The van der Waals surface area contributed by atoms with Crippen LogP contribution in [0, 0.1) is 6.92 Å². The van der Waals surface area contributed by atoms with Crippen LogP contribution < -0.4 is 11.1 Å². The number of hydrogen-bond acceptors (Lipinski definition) is 4. The summed E-state index contributed by atoms with van der Waals surface area (Å²) in [4.78, 5) is 8.82. The highest BCUT2D eigenvalue weighted by Gasteiger charge is 2.27. The minimum Gasteiger partial charge on any atom is -0.384 e. The Morgan fingerprint density at radius 1 is 1.21 bits per heavy atom. The molecule has 3 N–H and O–H groups in total. The van der Waals surface area contributed by atoms with Gasteiger partial charge in [-0.3, -0.25) is 0 Å². The number of benzene rings is 1. The van der Waals surface area contributed by atoms with E-state index in [2.05, 4.69) is 50.3 Å². The van der Waals surface area contributed by atoms with E-state index in [1.165, 1.54) is 18.4 Å². The maximum atomic E-state index is 5.84. The molecule has 0 amide bonds. The second kappa shape index (κ2) is 4.81. The van der Waals surface area contributed by atoms with Crippen LogP contribution in [0.2, 0.25) is 0 Å². The number of aryl methyl sites for hydroxylation is 1. The fraction of sp³-hybridized carbons (Fsp3) is 0.286. The molecule has 1 saturated carbocycles. The van der Waals surface area contributed by atoms with Crippen LogP contribution in [0.5, 0.6) is 0 Å². The summed E-state index contributed by atoms with van der Waals surface area (Å²) in [5, 5.41) is 3.29. The molecule has 0 radical (unpaired) electrons. The SMILES string of the molecule is Cc1cc(Br)cc(Nc2cc(N)nc(C3CC3)n2)c1. The number of rotatable bonds is 3. The number of nitrogens with two attached hydrogens (primary N) is 1. The summed E-state index contributed by atoms with van der Waals surface area (Å²) in [5.74, 6) is 2.63. The second-order valence-corrected chi connectivity index (χ2v) is 5.87. The Labute approximate surface area is 120 Å². The molecule has 3 rings (SSSR count). The van der Waals surface area contributed by atoms with E-state index in [0.29, 0.717) is 11.7 Å². The lowest BCUT2D eigenvalue weighted by molar-refractivity contribution is 0.936. The molecule has 1 aromatic heterocycles. The van der Waals surface area contributed by atoms with Gasteiger partial charge in [-0.2, -0.15) is 0 Å². The van der Waals surface area contributed by atoms with Crippen LogP contribution in [0.1, 0.15) is 30.1 Å². The number of aromatic nitrogens is 2. The number of nitrogen functional groups attached to an aromatic ring is 1. The van der Waals surface area contributed by atoms with Crippen molar-refractivity contribution in [2.24, 2.45) is 0 Å². The molecule has 0 saturated heterocycles. The molecule has 0 aliphatic heterocycles. The fourth-order valence-corrected chi connectivity index (χ4v) is 2.64. The van der Waals surface area contributed by atoms with Crippen molar-refractivity contribution < 1.29 is 0 Å². The van der Waals surface area contributed by atoms with Crippen molar-refractivity contribution in [1.82, 2.24) is 9.97 Å². The first-order valence-corrected chi connectivity index (χ1v) is 7.08. The highest BCUT2D eigenvalue weighted by atomic mass is 79.9. The van der Waals surface area contributed by atoms with Crippen molar-refractivity contribution in [2.45, 2.75) is 25.7 Å². The molecule has 0 unspecified atom stereocenters. The van der Waals surface area contributed by atoms with Gasteiger partial charge in [-0.25, -0.2) is 9.97 Å². The van der Waals surface area contributed by atoms with Gasteiger partial charge in [0.15, 0.2) is 0 Å². The Morgan fingerprint density at radius 2 is 2.00 bits per heavy atom. The third kappa shape index (κ3) is 3.04. The Morgan fingerprint density at radius 3 is 2.68 bits per heavy atom. The van der Waals surface area contributed by atoms with Crippen LogP contribution in [0.15, 0.2) is 28.7 Å². The molecule has 0 spiro atoms. The van der Waals surface area contributed by atoms with Gasteiger partial charge in [0.25, 0.3) is 0 Å². The van der Waals surface area contributed by atoms with E-state index in [9.17, 15) is 0 Å². The number of halogens is 1. The largest absolute Gasteiger partial charge is 0.384 e. The average Bonchev–Trinajstić information content (AvgIpc) is 3.09. The van der Waals surface area contributed by atoms with Crippen molar-refractivity contribution in [3.8, 4) is 0 Å². The van der Waals surface area contributed by atoms with Crippen molar-refractivity contribution in [3.05, 3.63) is 40.1 Å². The normalized spacial score (nSPS) is 14.4. The summed E-state index contributed by atoms with van der Waals surface area (Å²) in [6.45, 7) is 2.06. The van der Waals surface area contributed by atoms with Gasteiger partial charge >= 0.3 is 0 Å². The zero-order valence-electron chi connectivity index (χ0n) is 10.7. The van der Waals surface area contributed by atoms with Crippen LogP contribution >= 0.6 is 15.9 Å². The molecule has 4 nitrogen and oxygen atoms in total. The first kappa shape index (κ1) is 12.4. The van der Waals surface area contributed by atoms with E-state index in [4.69, 9.17) is 5.73 Å². The van der Waals surface area contributed by atoms with Gasteiger partial charge in [0.2, 0.25) is 0 Å². The molecule has 1 heterocycles. The summed E-state index contributed by atoms with van der Waals surface area (Å²) in [6.07, 6.45) is 2.33. The first-order valence-electron chi connectivity index (χ1n) is 6.29. The van der Waals surface area contributed by atoms with E-state index in [0.717, 1.165) is 21.8 Å². The Balaban J connectivity index is 1.89. The van der Waals surface area contributed by atoms with Gasteiger partial charge in [0.1, 0.15) is 17.5 Å². The van der Waals surface area contributed by atoms with Crippen LogP contribution in [-0.2, 0) is 0 Å². The fourth-order valence-electron chi connectivity index (χ4n) is 2.03. The predicted octanol–water partition coefficient (Wildman–Crippen LogP) is 3.75. The second-order valence-electron chi connectivity index (χ2n) is 4.95. The number of hydrogen-bond donors (Lipinski definition) is 2. The van der Waals surface area contributed by atoms with Crippen molar-refractivity contribution in [2.75, 3.05) is 11.1 Å². The van der Waals surface area contributed by atoms with Crippen LogP contribution in [0.4, 0.5) is 17.3 Å². The third-order valence-electron chi connectivity index (χ3n) is 3.02. The molecule has 5 heteroatoms. The molecule has 2 aromatic rings. The Bertz CT molecular complexity index is 603. The molecule has 0 atom stereocenters. The average molecular weight is 319 g/mol. The predicted molar refractivity (Wildman–Crippen MR) is 80.6 cm³/mol. The van der Waals surface area contributed by atoms with Crippen molar-refractivity contribution >= 4 is 33.3 Å². The maximum absolute atomic E-state index is 5.84. The molecule has 0 bridgehead atoms. The molecule has 19 heavy (non-hydrogen) atoms. The van der Waals surface area contributed by atoms with Gasteiger partial charge in [0.05, 0.1) is 0 Å². The van der Waals surface area contributed by atoms with Crippen LogP contribution in [-0.4, -0.2) is 9.97 Å². The third-order valence-corrected chi connectivity index (χ3v) is 3.48. The highest BCUT2D eigenvalue weighted by molar-refractivity contribution is 9.10. The monoisotopic (exact) mass is 318 g/mol. The lowest BCUT2D eigenvalue weighted by Crippen LogP contribution is -2.02. The summed E-state index contributed by atoms with van der Waals surface area (Å²) in [5.41, 5.74) is 8.01. The Kier molecular flexibility index (Phi) is 3.14. The van der Waals surface area contributed by atoms with E-state index in [1.807, 2.05) is 6.07 Å². The lowest BCUT2D eigenvalue weighted by Gasteiger charge is -2.09. The zero-order valence-corrected chi connectivity index (χ0v) is 12.2. The number of nitrogens with one attached hydrogen (secondary N) is 1. The smallest absolute Gasteiger partial charge is 0.136 e. The molecule has 1 aromatic carbocycles. The minimum atomic E-state index is 0.494. The number of nitrogens with zero attached hydrogens (tertiary/aromatic N) is 2. The van der Waals surface area contributed by atoms with Crippen molar-refractivity contribution in [3.63, 3.8) is 0 Å². The van der Waals surface area contributed by atoms with Crippen molar-refractivity contribution in [1.29, 1.82) is 0 Å². The van der Waals surface area contributed by atoms with Gasteiger partial charge in [-0.15, -0.1) is 0 Å². The van der Waals surface area contributed by atoms with E-state index >= 15 is 0 Å². The molecule has 98 valence electrons. The van der Waals surface area contributed by atoms with Gasteiger partial charge in [-0.1, -0.05) is 15.9 Å². The maximum Gasteiger partial charge on any atom is 0.136 e. The zero-order chi connectivity index (χ0) is 13.4. The van der Waals surface area contributed by atoms with E-state index < -0.39 is 0 Å². The Hall–Kier alpha value is -1.62. The van der Waals surface area contributed by atoms with E-state index in [1.54, 1.807) is 6.07 Å². The van der Waals surface area contributed by atoms with Gasteiger partial charge in [0, 0.05) is 22.1 Å². The molecular weight excluding hydrogens is 304 g/mol. The summed E-state index contributed by atoms with van der Waals surface area (Å²) < 4.78 is 1.04. The van der Waals surface area contributed by atoms with Gasteiger partial charge in [-0.05, 0) is 43.5 Å². The summed E-state index contributed by atoms with van der Waals surface area (Å²) in [7, 11) is 0. The summed E-state index contributed by atoms with van der Waals surface area (Å²) in [6, 6.07) is 7.92.